The Balaban J connectivity index is 1.89. The van der Waals surface area contributed by atoms with Gasteiger partial charge < -0.3 is 14.8 Å². The van der Waals surface area contributed by atoms with Crippen LogP contribution >= 0.6 is 0 Å². The lowest BCUT2D eigenvalue weighted by atomic mass is 9.94. The predicted molar refractivity (Wildman–Crippen MR) is 144 cm³/mol. The Morgan fingerprint density at radius 2 is 1.68 bits per heavy atom. The van der Waals surface area contributed by atoms with Crippen molar-refractivity contribution in [3.05, 3.63) is 107 Å². The molecule has 4 aromatic rings. The Morgan fingerprint density at radius 3 is 2.27 bits per heavy atom. The number of nitrogens with zero attached hydrogens (tertiary/aromatic N) is 1. The normalized spacial score (nSPS) is 12.4. The highest BCUT2D eigenvalue weighted by Gasteiger charge is 2.35. The van der Waals surface area contributed by atoms with E-state index in [1.54, 1.807) is 19.1 Å². The summed E-state index contributed by atoms with van der Waals surface area (Å²) in [5.41, 5.74) is -0.328. The van der Waals surface area contributed by atoms with E-state index in [1.807, 2.05) is 0 Å². The number of anilines is 1. The Labute approximate surface area is 229 Å². The highest BCUT2D eigenvalue weighted by molar-refractivity contribution is 7.91. The van der Waals surface area contributed by atoms with Crippen molar-refractivity contribution in [3.8, 4) is 16.9 Å². The maximum Gasteiger partial charge on any atom is 0.417 e. The van der Waals surface area contributed by atoms with Gasteiger partial charge in [0.05, 0.1) is 35.9 Å². The van der Waals surface area contributed by atoms with E-state index >= 15 is 0 Å². The van der Waals surface area contributed by atoms with Crippen LogP contribution in [0.25, 0.3) is 11.1 Å². The largest absolute Gasteiger partial charge is 0.497 e. The topological polar surface area (TPSA) is 94.6 Å². The Bertz CT molecular complexity index is 1620. The molecule has 3 aromatic carbocycles. The number of aryl methyl sites for hydroxylation is 1. The van der Waals surface area contributed by atoms with Gasteiger partial charge in [-0.1, -0.05) is 24.3 Å². The van der Waals surface area contributed by atoms with Gasteiger partial charge in [-0.3, -0.25) is 4.98 Å². The average Bonchev–Trinajstić information content (AvgIpc) is 2.95. The summed E-state index contributed by atoms with van der Waals surface area (Å²) < 4.78 is 79.1. The van der Waals surface area contributed by atoms with E-state index in [2.05, 4.69) is 10.3 Å². The summed E-state index contributed by atoms with van der Waals surface area (Å²) in [6, 6.07) is 16.6. The van der Waals surface area contributed by atoms with Crippen molar-refractivity contribution < 1.29 is 35.9 Å². The van der Waals surface area contributed by atoms with Crippen molar-refractivity contribution in [1.82, 2.24) is 4.98 Å². The molecule has 0 saturated carbocycles. The predicted octanol–water partition coefficient (Wildman–Crippen LogP) is 6.46. The first-order valence-corrected chi connectivity index (χ1v) is 13.5. The van der Waals surface area contributed by atoms with Gasteiger partial charge >= 0.3 is 12.1 Å². The lowest BCUT2D eigenvalue weighted by Gasteiger charge is -2.24. The number of halogens is 3. The fourth-order valence-corrected chi connectivity index (χ4v) is 5.85. The maximum atomic E-state index is 13.9. The Hall–Kier alpha value is -4.38. The number of nitrogens with one attached hydrogen (secondary N) is 1. The molecule has 0 aliphatic heterocycles. The van der Waals surface area contributed by atoms with Crippen LogP contribution in [0.4, 0.5) is 18.9 Å². The smallest absolute Gasteiger partial charge is 0.417 e. The monoisotopic (exact) mass is 570 g/mol. The summed E-state index contributed by atoms with van der Waals surface area (Å²) in [7, 11) is -1.55. The molecule has 0 fully saturated rings. The van der Waals surface area contributed by atoms with Gasteiger partial charge in [0, 0.05) is 18.0 Å². The molecule has 40 heavy (non-hydrogen) atoms. The standard InChI is InChI=1S/C29H25F3N2O5S/c1-18-15-20(23-8-4-5-9-25(23)29(30,31)32)16-24(28(35)39-3)26(18)34-27(19-7-6-14-33-17-19)40(36,37)22-12-10-21(38-2)11-13-22/h4-17,27,34H,1-3H3. The summed E-state index contributed by atoms with van der Waals surface area (Å²) in [5, 5.41) is 1.54. The second-order valence-corrected chi connectivity index (χ2v) is 10.8. The number of sulfone groups is 1. The molecule has 0 aliphatic carbocycles. The van der Waals surface area contributed by atoms with E-state index in [1.165, 1.54) is 74.1 Å². The zero-order valence-corrected chi connectivity index (χ0v) is 22.5. The third-order valence-corrected chi connectivity index (χ3v) is 8.19. The van der Waals surface area contributed by atoms with Crippen molar-refractivity contribution >= 4 is 21.5 Å². The van der Waals surface area contributed by atoms with Gasteiger partial charge in [0.2, 0.25) is 9.84 Å². The number of pyridine rings is 1. The van der Waals surface area contributed by atoms with Gasteiger partial charge in [-0.2, -0.15) is 13.2 Å². The summed E-state index contributed by atoms with van der Waals surface area (Å²) in [5.74, 6) is -0.396. The molecule has 208 valence electrons. The number of alkyl halides is 3. The quantitative estimate of drug-likeness (QED) is 0.243. The second kappa shape index (κ2) is 11.4. The minimum absolute atomic E-state index is 0.0253. The van der Waals surface area contributed by atoms with Crippen LogP contribution in [0.15, 0.2) is 90.1 Å². The number of carbonyl (C=O) groups is 1. The number of hydrogen-bond donors (Lipinski definition) is 1. The molecule has 1 heterocycles. The summed E-state index contributed by atoms with van der Waals surface area (Å²) >= 11 is 0. The summed E-state index contributed by atoms with van der Waals surface area (Å²) in [6.45, 7) is 1.56. The van der Waals surface area contributed by atoms with Crippen molar-refractivity contribution in [2.24, 2.45) is 0 Å². The average molecular weight is 571 g/mol. The van der Waals surface area contributed by atoms with Crippen LogP contribution in [-0.4, -0.2) is 33.6 Å². The van der Waals surface area contributed by atoms with Gasteiger partial charge in [-0.15, -0.1) is 0 Å². The maximum absolute atomic E-state index is 13.9. The van der Waals surface area contributed by atoms with Crippen molar-refractivity contribution in [3.63, 3.8) is 0 Å². The summed E-state index contributed by atoms with van der Waals surface area (Å²) in [4.78, 5) is 16.9. The molecule has 0 aliphatic rings. The van der Waals surface area contributed by atoms with Gasteiger partial charge in [0.1, 0.15) is 5.75 Å². The van der Waals surface area contributed by atoms with E-state index in [4.69, 9.17) is 9.47 Å². The molecule has 1 N–H and O–H groups in total. The lowest BCUT2D eigenvalue weighted by molar-refractivity contribution is -0.137. The van der Waals surface area contributed by atoms with Gasteiger partial charge in [0.15, 0.2) is 5.37 Å². The number of ether oxygens (including phenoxy) is 2. The minimum atomic E-state index is -4.63. The van der Waals surface area contributed by atoms with Crippen LogP contribution in [0.2, 0.25) is 0 Å². The fourth-order valence-electron chi connectivity index (χ4n) is 4.29. The molecule has 1 aromatic heterocycles. The second-order valence-electron chi connectivity index (χ2n) is 8.78. The Morgan fingerprint density at radius 1 is 0.975 bits per heavy atom. The van der Waals surface area contributed by atoms with E-state index in [-0.39, 0.29) is 32.8 Å². The van der Waals surface area contributed by atoms with Crippen molar-refractivity contribution in [2.75, 3.05) is 19.5 Å². The SMILES string of the molecule is COC(=O)c1cc(-c2ccccc2C(F)(F)F)cc(C)c1NC(c1cccnc1)S(=O)(=O)c1ccc(OC)cc1. The molecular weight excluding hydrogens is 545 g/mol. The number of rotatable bonds is 8. The van der Waals surface area contributed by atoms with Crippen LogP contribution in [0.5, 0.6) is 5.75 Å². The van der Waals surface area contributed by atoms with Crippen molar-refractivity contribution in [2.45, 2.75) is 23.4 Å². The first kappa shape index (κ1) is 28.6. The third-order valence-electron chi connectivity index (χ3n) is 6.25. The van der Waals surface area contributed by atoms with Gasteiger partial charge in [-0.25, -0.2) is 13.2 Å². The first-order chi connectivity index (χ1) is 19.0. The van der Waals surface area contributed by atoms with Crippen LogP contribution in [-0.2, 0) is 20.8 Å². The molecular formula is C29H25F3N2O5S. The number of aromatic nitrogens is 1. The zero-order chi connectivity index (χ0) is 29.1. The fraction of sp³-hybridized carbons (Fsp3) is 0.172. The highest BCUT2D eigenvalue weighted by atomic mass is 32.2. The number of methoxy groups -OCH3 is 2. The van der Waals surface area contributed by atoms with Crippen LogP contribution in [0, 0.1) is 6.92 Å². The molecule has 1 unspecified atom stereocenters. The zero-order valence-electron chi connectivity index (χ0n) is 21.7. The summed E-state index contributed by atoms with van der Waals surface area (Å²) in [6.07, 6.45) is -1.77. The molecule has 11 heteroatoms. The molecule has 0 bridgehead atoms. The van der Waals surface area contributed by atoms with Crippen molar-refractivity contribution in [1.29, 1.82) is 0 Å². The molecule has 0 saturated heterocycles. The highest BCUT2D eigenvalue weighted by Crippen LogP contribution is 2.40. The van der Waals surface area contributed by atoms with Gasteiger partial charge in [-0.05, 0) is 72.1 Å². The molecule has 0 radical (unpaired) electrons. The van der Waals surface area contributed by atoms with E-state index in [0.717, 1.165) is 13.2 Å². The number of hydrogen-bond acceptors (Lipinski definition) is 7. The van der Waals surface area contributed by atoms with Crippen LogP contribution in [0.3, 0.4) is 0 Å². The van der Waals surface area contributed by atoms with E-state index in [0.29, 0.717) is 11.3 Å². The number of esters is 1. The Kier molecular flexibility index (Phi) is 8.15. The molecule has 1 atom stereocenters. The van der Waals surface area contributed by atoms with Crippen LogP contribution in [0.1, 0.15) is 32.4 Å². The molecule has 0 spiro atoms. The number of carbonyl (C=O) groups excluding carboxylic acids is 1. The lowest BCUT2D eigenvalue weighted by Crippen LogP contribution is -2.24. The van der Waals surface area contributed by atoms with E-state index < -0.39 is 32.9 Å². The molecule has 0 amide bonds. The minimum Gasteiger partial charge on any atom is -0.497 e. The van der Waals surface area contributed by atoms with Crippen LogP contribution < -0.4 is 10.1 Å². The molecule has 4 rings (SSSR count). The third kappa shape index (κ3) is 5.79. The van der Waals surface area contributed by atoms with E-state index in [9.17, 15) is 26.4 Å². The van der Waals surface area contributed by atoms with Gasteiger partial charge in [0.25, 0.3) is 0 Å². The molecule has 7 nitrogen and oxygen atoms in total. The first-order valence-electron chi connectivity index (χ1n) is 11.9. The number of benzene rings is 3.